The summed E-state index contributed by atoms with van der Waals surface area (Å²) in [5.74, 6) is 0. The van der Waals surface area contributed by atoms with Crippen LogP contribution >= 0.6 is 0 Å². The molecule has 0 amide bonds. The SMILES string of the molecule is c1ccc(-c2ccc(-c3ccccc3N(c3ccc(-c4ccc5oc6ccccc6c5c4)cc3)c3ccc(C4(c5ccccc5)c5ccccc5-c5ccccc54)cc3)cc2)cc1. The summed E-state index contributed by atoms with van der Waals surface area (Å²) in [4.78, 5) is 2.41. The van der Waals surface area contributed by atoms with Crippen LogP contribution in [-0.2, 0) is 5.41 Å². The molecule has 1 heterocycles. The number of furan rings is 1. The second-order valence-corrected chi connectivity index (χ2v) is 16.4. The zero-order valence-electron chi connectivity index (χ0n) is 34.5. The smallest absolute Gasteiger partial charge is 0.135 e. The van der Waals surface area contributed by atoms with E-state index in [1.165, 1.54) is 44.5 Å². The van der Waals surface area contributed by atoms with Gasteiger partial charge in [0.25, 0.3) is 0 Å². The predicted molar refractivity (Wildman–Crippen MR) is 262 cm³/mol. The molecule has 1 aliphatic rings. The first kappa shape index (κ1) is 36.6. The molecule has 2 nitrogen and oxygen atoms in total. The van der Waals surface area contributed by atoms with E-state index >= 15 is 0 Å². The first-order chi connectivity index (χ1) is 31.2. The Labute approximate surface area is 367 Å². The van der Waals surface area contributed by atoms with E-state index in [0.717, 1.165) is 61.3 Å². The molecule has 0 spiro atoms. The molecular formula is C61H41NO. The van der Waals surface area contributed by atoms with Crippen molar-refractivity contribution in [2.75, 3.05) is 4.90 Å². The van der Waals surface area contributed by atoms with Crippen LogP contribution in [0, 0.1) is 0 Å². The molecule has 1 aromatic heterocycles. The third-order valence-electron chi connectivity index (χ3n) is 13.0. The lowest BCUT2D eigenvalue weighted by molar-refractivity contribution is 0.669. The van der Waals surface area contributed by atoms with E-state index in [2.05, 4.69) is 241 Å². The average molecular weight is 804 g/mol. The molecule has 0 fully saturated rings. The quantitative estimate of drug-likeness (QED) is 0.152. The Hall–Kier alpha value is -8.20. The summed E-state index contributed by atoms with van der Waals surface area (Å²) in [7, 11) is 0. The van der Waals surface area contributed by atoms with E-state index in [-0.39, 0.29) is 0 Å². The van der Waals surface area contributed by atoms with E-state index < -0.39 is 5.41 Å². The van der Waals surface area contributed by atoms with E-state index in [0.29, 0.717) is 0 Å². The molecule has 11 aromatic rings. The van der Waals surface area contributed by atoms with Crippen LogP contribution in [0.3, 0.4) is 0 Å². The van der Waals surface area contributed by atoms with Crippen molar-refractivity contribution in [3.8, 4) is 44.5 Å². The fraction of sp³-hybridized carbons (Fsp3) is 0.0164. The lowest BCUT2D eigenvalue weighted by atomic mass is 9.68. The second kappa shape index (κ2) is 15.1. The maximum absolute atomic E-state index is 6.17. The van der Waals surface area contributed by atoms with Crippen LogP contribution in [0.5, 0.6) is 0 Å². The van der Waals surface area contributed by atoms with Gasteiger partial charge in [-0.15, -0.1) is 0 Å². The first-order valence-electron chi connectivity index (χ1n) is 21.7. The van der Waals surface area contributed by atoms with Gasteiger partial charge in [0.1, 0.15) is 11.2 Å². The van der Waals surface area contributed by atoms with E-state index in [1.807, 2.05) is 12.1 Å². The van der Waals surface area contributed by atoms with Crippen LogP contribution in [0.4, 0.5) is 17.1 Å². The van der Waals surface area contributed by atoms with Crippen molar-refractivity contribution in [1.82, 2.24) is 0 Å². The minimum absolute atomic E-state index is 0.473. The molecule has 1 aliphatic carbocycles. The Kier molecular flexibility index (Phi) is 8.76. The number of nitrogens with zero attached hydrogens (tertiary/aromatic N) is 1. The molecule has 2 heteroatoms. The second-order valence-electron chi connectivity index (χ2n) is 16.4. The zero-order valence-corrected chi connectivity index (χ0v) is 34.5. The van der Waals surface area contributed by atoms with Crippen molar-refractivity contribution < 1.29 is 4.42 Å². The molecular weight excluding hydrogens is 763 g/mol. The van der Waals surface area contributed by atoms with Crippen LogP contribution in [0.2, 0.25) is 0 Å². The lowest BCUT2D eigenvalue weighted by Crippen LogP contribution is -2.28. The Morgan fingerprint density at radius 2 is 0.762 bits per heavy atom. The van der Waals surface area contributed by atoms with Gasteiger partial charge < -0.3 is 9.32 Å². The van der Waals surface area contributed by atoms with Crippen LogP contribution in [0.1, 0.15) is 22.3 Å². The number of hydrogen-bond acceptors (Lipinski definition) is 2. The number of benzene rings is 10. The molecule has 63 heavy (non-hydrogen) atoms. The Bertz CT molecular complexity index is 3370. The summed E-state index contributed by atoms with van der Waals surface area (Å²) >= 11 is 0. The number of para-hydroxylation sites is 2. The van der Waals surface area contributed by atoms with Gasteiger partial charge in [0, 0.05) is 27.7 Å². The van der Waals surface area contributed by atoms with Crippen molar-refractivity contribution in [2.45, 2.75) is 5.41 Å². The highest BCUT2D eigenvalue weighted by atomic mass is 16.3. The van der Waals surface area contributed by atoms with Crippen molar-refractivity contribution >= 4 is 39.0 Å². The predicted octanol–water partition coefficient (Wildman–Crippen LogP) is 16.4. The summed E-state index contributed by atoms with van der Waals surface area (Å²) in [6.07, 6.45) is 0. The van der Waals surface area contributed by atoms with Gasteiger partial charge in [-0.3, -0.25) is 0 Å². The molecule has 10 aromatic carbocycles. The third kappa shape index (κ3) is 6.02. The van der Waals surface area contributed by atoms with Gasteiger partial charge in [-0.05, 0) is 110 Å². The van der Waals surface area contributed by atoms with E-state index in [4.69, 9.17) is 4.42 Å². The first-order valence-corrected chi connectivity index (χ1v) is 21.7. The highest BCUT2D eigenvalue weighted by molar-refractivity contribution is 6.06. The molecule has 0 bridgehead atoms. The molecule has 0 saturated heterocycles. The molecule has 12 rings (SSSR count). The highest BCUT2D eigenvalue weighted by Gasteiger charge is 2.45. The van der Waals surface area contributed by atoms with Crippen molar-refractivity contribution in [3.63, 3.8) is 0 Å². The monoisotopic (exact) mass is 803 g/mol. The minimum atomic E-state index is -0.473. The molecule has 0 saturated carbocycles. The van der Waals surface area contributed by atoms with Gasteiger partial charge in [-0.2, -0.15) is 0 Å². The summed E-state index contributed by atoms with van der Waals surface area (Å²) in [5.41, 5.74) is 19.3. The number of rotatable bonds is 8. The summed E-state index contributed by atoms with van der Waals surface area (Å²) in [6, 6.07) is 90.3. The standard InChI is InChI=1S/C61H41NO/c1-3-15-42(16-4-1)43-27-29-45(30-28-43)51-19-9-13-25-58(51)62(49-36-31-44(32-37-49)46-33-40-60-55(41-46)54-22-10-14-26-59(54)63-60)50-38-34-48(35-39-50)61(47-17-5-2-6-18-47)56-23-11-7-20-52(56)53-21-8-12-24-57(53)61/h1-41H. The summed E-state index contributed by atoms with van der Waals surface area (Å²) in [6.45, 7) is 0. The number of fused-ring (bicyclic) bond motifs is 6. The van der Waals surface area contributed by atoms with Gasteiger partial charge in [-0.25, -0.2) is 0 Å². The third-order valence-corrected chi connectivity index (χ3v) is 13.0. The average Bonchev–Trinajstić information content (AvgIpc) is 3.89. The zero-order chi connectivity index (χ0) is 41.7. The van der Waals surface area contributed by atoms with Gasteiger partial charge in [0.2, 0.25) is 0 Å². The number of hydrogen-bond donors (Lipinski definition) is 0. The van der Waals surface area contributed by atoms with Crippen molar-refractivity contribution in [1.29, 1.82) is 0 Å². The Morgan fingerprint density at radius 1 is 0.302 bits per heavy atom. The molecule has 0 atom stereocenters. The van der Waals surface area contributed by atoms with Gasteiger partial charge in [0.05, 0.1) is 11.1 Å². The van der Waals surface area contributed by atoms with Crippen LogP contribution in [-0.4, -0.2) is 0 Å². The molecule has 296 valence electrons. The fourth-order valence-electron chi connectivity index (χ4n) is 10.1. The van der Waals surface area contributed by atoms with Crippen LogP contribution in [0.25, 0.3) is 66.4 Å². The molecule has 0 N–H and O–H groups in total. The molecule has 0 unspecified atom stereocenters. The Balaban J connectivity index is 1.00. The van der Waals surface area contributed by atoms with Crippen molar-refractivity contribution in [2.24, 2.45) is 0 Å². The Morgan fingerprint density at radius 3 is 1.46 bits per heavy atom. The normalized spacial score (nSPS) is 12.6. The van der Waals surface area contributed by atoms with Gasteiger partial charge in [-0.1, -0.05) is 200 Å². The van der Waals surface area contributed by atoms with Crippen molar-refractivity contribution in [3.05, 3.63) is 271 Å². The van der Waals surface area contributed by atoms with Crippen LogP contribution in [0.15, 0.2) is 253 Å². The topological polar surface area (TPSA) is 16.4 Å². The summed E-state index contributed by atoms with van der Waals surface area (Å²) in [5, 5.41) is 2.26. The highest BCUT2D eigenvalue weighted by Crippen LogP contribution is 2.56. The maximum atomic E-state index is 6.17. The van der Waals surface area contributed by atoms with E-state index in [9.17, 15) is 0 Å². The largest absolute Gasteiger partial charge is 0.456 e. The van der Waals surface area contributed by atoms with Gasteiger partial charge >= 0.3 is 0 Å². The summed E-state index contributed by atoms with van der Waals surface area (Å²) < 4.78 is 6.17. The fourth-order valence-corrected chi connectivity index (χ4v) is 10.1. The van der Waals surface area contributed by atoms with Gasteiger partial charge in [0.15, 0.2) is 0 Å². The minimum Gasteiger partial charge on any atom is -0.456 e. The van der Waals surface area contributed by atoms with Crippen LogP contribution < -0.4 is 4.90 Å². The maximum Gasteiger partial charge on any atom is 0.135 e. The molecule has 0 aliphatic heterocycles. The van der Waals surface area contributed by atoms with E-state index in [1.54, 1.807) is 0 Å². The number of anilines is 3. The molecule has 0 radical (unpaired) electrons. The lowest BCUT2D eigenvalue weighted by Gasteiger charge is -2.34.